The highest BCUT2D eigenvalue weighted by Gasteiger charge is 2.18. The first-order valence-electron chi connectivity index (χ1n) is 5.23. The van der Waals surface area contributed by atoms with Gasteiger partial charge >= 0.3 is 0 Å². The summed E-state index contributed by atoms with van der Waals surface area (Å²) in [4.78, 5) is 2.54. The minimum Gasteiger partial charge on any atom is -0.381 e. The normalized spacial score (nSPS) is 22.8. The lowest BCUT2D eigenvalue weighted by atomic mass is 10.1. The molecule has 0 aliphatic carbocycles. The van der Waals surface area contributed by atoms with Gasteiger partial charge in [-0.25, -0.2) is 0 Å². The standard InChI is InChI=1S/C10H20BrNO/c1-2-5-12(6-4-11)8-10-3-7-13-9-10/h10H,2-9H2,1H3. The number of ether oxygens (including phenoxy) is 1. The van der Waals surface area contributed by atoms with E-state index in [4.69, 9.17) is 4.74 Å². The fourth-order valence-electron chi connectivity index (χ4n) is 1.82. The molecule has 3 heteroatoms. The van der Waals surface area contributed by atoms with Crippen molar-refractivity contribution in [3.05, 3.63) is 0 Å². The number of hydrogen-bond acceptors (Lipinski definition) is 2. The zero-order valence-corrected chi connectivity index (χ0v) is 10.1. The van der Waals surface area contributed by atoms with Gasteiger partial charge in [0, 0.05) is 25.0 Å². The Balaban J connectivity index is 2.19. The summed E-state index contributed by atoms with van der Waals surface area (Å²) in [6, 6.07) is 0. The van der Waals surface area contributed by atoms with Gasteiger partial charge in [0.1, 0.15) is 0 Å². The van der Waals surface area contributed by atoms with Crippen molar-refractivity contribution in [2.75, 3.05) is 38.2 Å². The summed E-state index contributed by atoms with van der Waals surface area (Å²) in [5.41, 5.74) is 0. The van der Waals surface area contributed by atoms with Crippen molar-refractivity contribution >= 4 is 15.9 Å². The number of alkyl halides is 1. The van der Waals surface area contributed by atoms with Gasteiger partial charge in [-0.15, -0.1) is 0 Å². The van der Waals surface area contributed by atoms with Crippen LogP contribution in [0.2, 0.25) is 0 Å². The Morgan fingerprint density at radius 2 is 2.31 bits per heavy atom. The summed E-state index contributed by atoms with van der Waals surface area (Å²) in [6.07, 6.45) is 2.50. The van der Waals surface area contributed by atoms with E-state index in [0.717, 1.165) is 24.5 Å². The van der Waals surface area contributed by atoms with Crippen molar-refractivity contribution in [3.8, 4) is 0 Å². The molecule has 0 bridgehead atoms. The molecule has 1 atom stereocenters. The molecule has 1 heterocycles. The second-order valence-corrected chi connectivity index (χ2v) is 4.51. The van der Waals surface area contributed by atoms with E-state index in [1.54, 1.807) is 0 Å². The van der Waals surface area contributed by atoms with E-state index in [1.807, 2.05) is 0 Å². The van der Waals surface area contributed by atoms with Gasteiger partial charge in [0.05, 0.1) is 6.61 Å². The fourth-order valence-corrected chi connectivity index (χ4v) is 2.32. The lowest BCUT2D eigenvalue weighted by Crippen LogP contribution is -2.32. The van der Waals surface area contributed by atoms with E-state index < -0.39 is 0 Å². The maximum atomic E-state index is 5.38. The molecule has 1 fully saturated rings. The van der Waals surface area contributed by atoms with Crippen molar-refractivity contribution in [3.63, 3.8) is 0 Å². The minimum atomic E-state index is 0.783. The Morgan fingerprint density at radius 1 is 1.46 bits per heavy atom. The minimum absolute atomic E-state index is 0.783. The van der Waals surface area contributed by atoms with Crippen LogP contribution in [-0.2, 0) is 4.74 Å². The van der Waals surface area contributed by atoms with E-state index in [-0.39, 0.29) is 0 Å². The van der Waals surface area contributed by atoms with Crippen LogP contribution >= 0.6 is 15.9 Å². The zero-order valence-electron chi connectivity index (χ0n) is 8.47. The monoisotopic (exact) mass is 249 g/mol. The maximum absolute atomic E-state index is 5.38. The molecule has 0 spiro atoms. The fraction of sp³-hybridized carbons (Fsp3) is 1.00. The van der Waals surface area contributed by atoms with Crippen LogP contribution in [0.5, 0.6) is 0 Å². The lowest BCUT2D eigenvalue weighted by Gasteiger charge is -2.23. The third-order valence-corrected chi connectivity index (χ3v) is 2.84. The average Bonchev–Trinajstić information content (AvgIpc) is 2.58. The first kappa shape index (κ1) is 11.5. The molecule has 0 aromatic heterocycles. The van der Waals surface area contributed by atoms with Crippen molar-refractivity contribution in [1.82, 2.24) is 4.90 Å². The Morgan fingerprint density at radius 3 is 2.85 bits per heavy atom. The molecule has 0 aromatic carbocycles. The SMILES string of the molecule is CCCN(CCBr)CC1CCOC1. The molecule has 0 radical (unpaired) electrons. The van der Waals surface area contributed by atoms with Crippen molar-refractivity contribution in [2.24, 2.45) is 5.92 Å². The summed E-state index contributed by atoms with van der Waals surface area (Å²) in [5.74, 6) is 0.783. The summed E-state index contributed by atoms with van der Waals surface area (Å²) in [6.45, 7) is 7.81. The number of halogens is 1. The summed E-state index contributed by atoms with van der Waals surface area (Å²) < 4.78 is 5.38. The molecule has 1 rings (SSSR count). The highest BCUT2D eigenvalue weighted by molar-refractivity contribution is 9.09. The molecule has 13 heavy (non-hydrogen) atoms. The van der Waals surface area contributed by atoms with E-state index in [2.05, 4.69) is 27.8 Å². The molecule has 0 saturated carbocycles. The van der Waals surface area contributed by atoms with Crippen molar-refractivity contribution in [1.29, 1.82) is 0 Å². The molecule has 0 aromatic rings. The Hall–Kier alpha value is 0.400. The third kappa shape index (κ3) is 4.43. The van der Waals surface area contributed by atoms with Gasteiger partial charge in [0.2, 0.25) is 0 Å². The quantitative estimate of drug-likeness (QED) is 0.669. The number of rotatable bonds is 6. The molecular weight excluding hydrogens is 230 g/mol. The molecule has 0 N–H and O–H groups in total. The van der Waals surface area contributed by atoms with Crippen LogP contribution in [0, 0.1) is 5.92 Å². The van der Waals surface area contributed by atoms with E-state index in [0.29, 0.717) is 0 Å². The van der Waals surface area contributed by atoms with Crippen LogP contribution in [0.4, 0.5) is 0 Å². The van der Waals surface area contributed by atoms with Crippen LogP contribution in [0.3, 0.4) is 0 Å². The van der Waals surface area contributed by atoms with Crippen LogP contribution in [0.1, 0.15) is 19.8 Å². The van der Waals surface area contributed by atoms with Gasteiger partial charge in [-0.05, 0) is 25.3 Å². The van der Waals surface area contributed by atoms with Crippen molar-refractivity contribution < 1.29 is 4.74 Å². The second-order valence-electron chi connectivity index (χ2n) is 3.72. The highest BCUT2D eigenvalue weighted by Crippen LogP contribution is 2.14. The van der Waals surface area contributed by atoms with Crippen LogP contribution in [0.15, 0.2) is 0 Å². The van der Waals surface area contributed by atoms with Gasteiger partial charge in [-0.2, -0.15) is 0 Å². The molecular formula is C10H20BrNO. The van der Waals surface area contributed by atoms with Gasteiger partial charge in [-0.3, -0.25) is 0 Å². The number of hydrogen-bond donors (Lipinski definition) is 0. The average molecular weight is 250 g/mol. The summed E-state index contributed by atoms with van der Waals surface area (Å²) in [7, 11) is 0. The predicted molar refractivity (Wildman–Crippen MR) is 59.5 cm³/mol. The van der Waals surface area contributed by atoms with Crippen LogP contribution < -0.4 is 0 Å². The highest BCUT2D eigenvalue weighted by atomic mass is 79.9. The zero-order chi connectivity index (χ0) is 9.52. The van der Waals surface area contributed by atoms with Gasteiger partial charge in [0.15, 0.2) is 0 Å². The Kier molecular flexibility index (Phi) is 6.00. The molecule has 78 valence electrons. The summed E-state index contributed by atoms with van der Waals surface area (Å²) in [5, 5.41) is 1.08. The molecule has 2 nitrogen and oxygen atoms in total. The van der Waals surface area contributed by atoms with Crippen LogP contribution in [-0.4, -0.2) is 43.1 Å². The second kappa shape index (κ2) is 6.80. The first-order valence-corrected chi connectivity index (χ1v) is 6.35. The van der Waals surface area contributed by atoms with Gasteiger partial charge in [0.25, 0.3) is 0 Å². The first-order chi connectivity index (χ1) is 6.36. The molecule has 1 aliphatic rings. The molecule has 0 amide bonds. The van der Waals surface area contributed by atoms with E-state index in [9.17, 15) is 0 Å². The number of nitrogens with zero attached hydrogens (tertiary/aromatic N) is 1. The van der Waals surface area contributed by atoms with Gasteiger partial charge < -0.3 is 9.64 Å². The third-order valence-electron chi connectivity index (χ3n) is 2.48. The van der Waals surface area contributed by atoms with Crippen molar-refractivity contribution in [2.45, 2.75) is 19.8 Å². The largest absolute Gasteiger partial charge is 0.381 e. The smallest absolute Gasteiger partial charge is 0.0507 e. The van der Waals surface area contributed by atoms with Crippen LogP contribution in [0.25, 0.3) is 0 Å². The lowest BCUT2D eigenvalue weighted by molar-refractivity contribution is 0.169. The Labute approximate surface area is 89.8 Å². The molecule has 1 saturated heterocycles. The molecule has 1 unspecified atom stereocenters. The summed E-state index contributed by atoms with van der Waals surface area (Å²) >= 11 is 3.50. The van der Waals surface area contributed by atoms with Gasteiger partial charge in [-0.1, -0.05) is 22.9 Å². The maximum Gasteiger partial charge on any atom is 0.0507 e. The topological polar surface area (TPSA) is 12.5 Å². The van der Waals surface area contributed by atoms with E-state index in [1.165, 1.54) is 32.5 Å². The Bertz CT molecular complexity index is 120. The van der Waals surface area contributed by atoms with E-state index >= 15 is 0 Å². The predicted octanol–water partition coefficient (Wildman–Crippen LogP) is 2.13. The molecule has 1 aliphatic heterocycles.